The van der Waals surface area contributed by atoms with Crippen LogP contribution in [-0.2, 0) is 4.79 Å². The van der Waals surface area contributed by atoms with E-state index in [1.165, 1.54) is 7.11 Å². The Bertz CT molecular complexity index is 484. The number of rotatable bonds is 2. The molecule has 1 aliphatic rings. The van der Waals surface area contributed by atoms with E-state index >= 15 is 0 Å². The van der Waals surface area contributed by atoms with Crippen molar-refractivity contribution in [1.82, 2.24) is 10.4 Å². The predicted octanol–water partition coefficient (Wildman–Crippen LogP) is 0.532. The van der Waals surface area contributed by atoms with E-state index < -0.39 is 0 Å². The van der Waals surface area contributed by atoms with E-state index in [-0.39, 0.29) is 11.8 Å². The Morgan fingerprint density at radius 2 is 2.29 bits per heavy atom. The van der Waals surface area contributed by atoms with E-state index in [0.717, 1.165) is 5.71 Å². The maximum absolute atomic E-state index is 11.1. The van der Waals surface area contributed by atoms with Gasteiger partial charge in [-0.3, -0.25) is 4.79 Å². The fourth-order valence-electron chi connectivity index (χ4n) is 1.74. The minimum atomic E-state index is -0.0808. The largest absolute Gasteiger partial charge is 0.493 e. The van der Waals surface area contributed by atoms with Crippen LogP contribution in [0.5, 0.6) is 5.75 Å². The molecule has 0 saturated heterocycles. The first kappa shape index (κ1) is 11.4. The zero-order valence-corrected chi connectivity index (χ0v) is 9.73. The number of methoxy groups -OCH3 is 1. The lowest BCUT2D eigenvalue weighted by Crippen LogP contribution is -2.32. The molecule has 0 radical (unpaired) electrons. The number of anilines is 1. The molecule has 1 aromatic rings. The highest BCUT2D eigenvalue weighted by Crippen LogP contribution is 2.21. The molecular formula is C11H14N4O2. The molecule has 1 unspecified atom stereocenters. The van der Waals surface area contributed by atoms with Crippen molar-refractivity contribution in [1.29, 1.82) is 0 Å². The van der Waals surface area contributed by atoms with E-state index in [2.05, 4.69) is 15.5 Å². The molecule has 0 saturated carbocycles. The summed E-state index contributed by atoms with van der Waals surface area (Å²) in [6.07, 6.45) is 0.409. The van der Waals surface area contributed by atoms with Crippen LogP contribution >= 0.6 is 0 Å². The van der Waals surface area contributed by atoms with Gasteiger partial charge in [-0.05, 0) is 12.1 Å². The van der Waals surface area contributed by atoms with E-state index in [1.807, 2.05) is 6.92 Å². The fraction of sp³-hybridized carbons (Fsp3) is 0.364. The van der Waals surface area contributed by atoms with E-state index in [1.54, 1.807) is 12.1 Å². The van der Waals surface area contributed by atoms with Gasteiger partial charge in [-0.2, -0.15) is 5.10 Å². The number of nitrogens with zero attached hydrogens (tertiary/aromatic N) is 2. The summed E-state index contributed by atoms with van der Waals surface area (Å²) in [7, 11) is 1.54. The Morgan fingerprint density at radius 3 is 2.88 bits per heavy atom. The van der Waals surface area contributed by atoms with Gasteiger partial charge in [0.25, 0.3) is 0 Å². The molecule has 0 fully saturated rings. The number of hydrazone groups is 1. The highest BCUT2D eigenvalue weighted by Gasteiger charge is 2.22. The highest BCUT2D eigenvalue weighted by molar-refractivity contribution is 6.04. The number of pyridine rings is 1. The quantitative estimate of drug-likeness (QED) is 0.781. The van der Waals surface area contributed by atoms with E-state index in [4.69, 9.17) is 10.5 Å². The smallest absolute Gasteiger partial charge is 0.240 e. The van der Waals surface area contributed by atoms with Gasteiger partial charge in [0.2, 0.25) is 5.91 Å². The molecule has 1 amide bonds. The van der Waals surface area contributed by atoms with Gasteiger partial charge >= 0.3 is 0 Å². The Kier molecular flexibility index (Phi) is 2.95. The lowest BCUT2D eigenvalue weighted by atomic mass is 9.97. The molecule has 3 N–H and O–H groups in total. The maximum Gasteiger partial charge on any atom is 0.240 e. The van der Waals surface area contributed by atoms with Crippen LogP contribution < -0.4 is 15.9 Å². The van der Waals surface area contributed by atoms with Crippen molar-refractivity contribution in [2.24, 2.45) is 11.0 Å². The second kappa shape index (κ2) is 4.40. The SMILES string of the molecule is COc1ccc(C2=NNC(=O)CC2C)nc1N. The predicted molar refractivity (Wildman–Crippen MR) is 63.7 cm³/mol. The summed E-state index contributed by atoms with van der Waals surface area (Å²) in [4.78, 5) is 15.3. The van der Waals surface area contributed by atoms with Crippen molar-refractivity contribution in [3.8, 4) is 5.75 Å². The second-order valence-corrected chi connectivity index (χ2v) is 3.92. The van der Waals surface area contributed by atoms with Crippen molar-refractivity contribution in [2.75, 3.05) is 12.8 Å². The third kappa shape index (κ3) is 2.20. The van der Waals surface area contributed by atoms with Gasteiger partial charge in [0.05, 0.1) is 18.5 Å². The van der Waals surface area contributed by atoms with Crippen molar-refractivity contribution in [3.63, 3.8) is 0 Å². The lowest BCUT2D eigenvalue weighted by Gasteiger charge is -2.18. The van der Waals surface area contributed by atoms with Gasteiger partial charge in [0, 0.05) is 12.3 Å². The fourth-order valence-corrected chi connectivity index (χ4v) is 1.74. The van der Waals surface area contributed by atoms with Crippen molar-refractivity contribution in [2.45, 2.75) is 13.3 Å². The zero-order chi connectivity index (χ0) is 12.4. The minimum absolute atomic E-state index is 0.0315. The Balaban J connectivity index is 2.34. The molecule has 0 bridgehead atoms. The number of nitrogens with two attached hydrogens (primary N) is 1. The maximum atomic E-state index is 11.1. The number of carbonyl (C=O) groups is 1. The number of ether oxygens (including phenoxy) is 1. The molecule has 1 aliphatic heterocycles. The van der Waals surface area contributed by atoms with Crippen LogP contribution in [0.1, 0.15) is 19.0 Å². The van der Waals surface area contributed by atoms with Crippen molar-refractivity contribution >= 4 is 17.4 Å². The summed E-state index contributed by atoms with van der Waals surface area (Å²) in [5, 5.41) is 4.02. The first-order chi connectivity index (χ1) is 8.11. The monoisotopic (exact) mass is 234 g/mol. The molecule has 1 aromatic heterocycles. The number of hydrogen-bond donors (Lipinski definition) is 2. The Labute approximate surface area is 98.9 Å². The van der Waals surface area contributed by atoms with Crippen LogP contribution in [0.15, 0.2) is 17.2 Å². The lowest BCUT2D eigenvalue weighted by molar-refractivity contribution is -0.121. The van der Waals surface area contributed by atoms with Gasteiger partial charge in [0.1, 0.15) is 0 Å². The highest BCUT2D eigenvalue weighted by atomic mass is 16.5. The topological polar surface area (TPSA) is 89.6 Å². The second-order valence-electron chi connectivity index (χ2n) is 3.92. The summed E-state index contributed by atoms with van der Waals surface area (Å²) in [5.74, 6) is 0.797. The van der Waals surface area contributed by atoms with E-state index in [9.17, 15) is 4.79 Å². The summed E-state index contributed by atoms with van der Waals surface area (Å²) in [6.45, 7) is 1.93. The summed E-state index contributed by atoms with van der Waals surface area (Å²) >= 11 is 0. The van der Waals surface area contributed by atoms with Gasteiger partial charge in [-0.25, -0.2) is 10.4 Å². The van der Waals surface area contributed by atoms with Crippen molar-refractivity contribution < 1.29 is 9.53 Å². The van der Waals surface area contributed by atoms with Crippen LogP contribution in [0, 0.1) is 5.92 Å². The third-order valence-corrected chi connectivity index (χ3v) is 2.63. The molecule has 1 atom stereocenters. The molecule has 0 aliphatic carbocycles. The number of aromatic nitrogens is 1. The number of carbonyl (C=O) groups excluding carboxylic acids is 1. The van der Waals surface area contributed by atoms with Crippen LogP contribution in [0.2, 0.25) is 0 Å². The van der Waals surface area contributed by atoms with Gasteiger partial charge in [-0.1, -0.05) is 6.92 Å². The first-order valence-corrected chi connectivity index (χ1v) is 5.29. The molecule has 17 heavy (non-hydrogen) atoms. The molecule has 0 spiro atoms. The standard InChI is InChI=1S/C11H14N4O2/c1-6-5-9(16)14-15-10(6)7-3-4-8(17-2)11(12)13-7/h3-4,6H,5H2,1-2H3,(H2,12,13)(H,14,16). The average Bonchev–Trinajstić information content (AvgIpc) is 2.29. The zero-order valence-electron chi connectivity index (χ0n) is 9.73. The molecule has 6 heteroatoms. The summed E-state index contributed by atoms with van der Waals surface area (Å²) in [5.41, 5.74) is 9.58. The van der Waals surface area contributed by atoms with Crippen LogP contribution in [0.4, 0.5) is 5.82 Å². The number of nitrogen functional groups attached to an aromatic ring is 1. The molecule has 6 nitrogen and oxygen atoms in total. The molecular weight excluding hydrogens is 220 g/mol. The van der Waals surface area contributed by atoms with Crippen LogP contribution in [-0.4, -0.2) is 23.7 Å². The van der Waals surface area contributed by atoms with Gasteiger partial charge in [0.15, 0.2) is 11.6 Å². The molecule has 2 rings (SSSR count). The third-order valence-electron chi connectivity index (χ3n) is 2.63. The molecule has 0 aromatic carbocycles. The summed E-state index contributed by atoms with van der Waals surface area (Å²) < 4.78 is 5.03. The van der Waals surface area contributed by atoms with Crippen molar-refractivity contribution in [3.05, 3.63) is 17.8 Å². The van der Waals surface area contributed by atoms with Crippen LogP contribution in [0.25, 0.3) is 0 Å². The number of amides is 1. The molecule has 2 heterocycles. The normalized spacial score (nSPS) is 19.5. The molecule has 90 valence electrons. The van der Waals surface area contributed by atoms with E-state index in [0.29, 0.717) is 23.7 Å². The number of hydrogen-bond acceptors (Lipinski definition) is 5. The minimum Gasteiger partial charge on any atom is -0.493 e. The van der Waals surface area contributed by atoms with Gasteiger partial charge in [-0.15, -0.1) is 0 Å². The Morgan fingerprint density at radius 1 is 1.53 bits per heavy atom. The summed E-state index contributed by atoms with van der Waals surface area (Å²) in [6, 6.07) is 3.52. The average molecular weight is 234 g/mol. The van der Waals surface area contributed by atoms with Gasteiger partial charge < -0.3 is 10.5 Å². The Hall–Kier alpha value is -2.11. The number of nitrogens with one attached hydrogen (secondary N) is 1. The van der Waals surface area contributed by atoms with Crippen LogP contribution in [0.3, 0.4) is 0 Å². The first-order valence-electron chi connectivity index (χ1n) is 5.29.